The van der Waals surface area contributed by atoms with Crippen LogP contribution in [0.5, 0.6) is 5.88 Å². The van der Waals surface area contributed by atoms with Crippen LogP contribution in [0.1, 0.15) is 10.4 Å². The van der Waals surface area contributed by atoms with Crippen LogP contribution in [-0.4, -0.2) is 15.9 Å². The number of H-pyrrole nitrogens is 1. The number of aromatic nitrogens is 2. The summed E-state index contributed by atoms with van der Waals surface area (Å²) in [6, 6.07) is 14.0. The first-order chi connectivity index (χ1) is 13.1. The van der Waals surface area contributed by atoms with Gasteiger partial charge in [-0.15, -0.1) is 0 Å². The predicted octanol–water partition coefficient (Wildman–Crippen LogP) is 2.76. The number of ether oxygens (including phenoxy) is 1. The summed E-state index contributed by atoms with van der Waals surface area (Å²) in [7, 11) is 0. The van der Waals surface area contributed by atoms with E-state index < -0.39 is 11.5 Å². The van der Waals surface area contributed by atoms with Gasteiger partial charge in [0.15, 0.2) is 5.43 Å². The number of rotatable bonds is 3. The lowest BCUT2D eigenvalue weighted by Crippen LogP contribution is -2.15. The van der Waals surface area contributed by atoms with Gasteiger partial charge in [0.2, 0.25) is 5.88 Å². The highest BCUT2D eigenvalue weighted by Crippen LogP contribution is 2.20. The Morgan fingerprint density at radius 3 is 2.67 bits per heavy atom. The molecule has 0 bridgehead atoms. The summed E-state index contributed by atoms with van der Waals surface area (Å²) >= 11 is 0. The first-order valence-electron chi connectivity index (χ1n) is 8.00. The van der Waals surface area contributed by atoms with Gasteiger partial charge in [-0.3, -0.25) is 19.6 Å². The minimum Gasteiger partial charge on any atom is -0.456 e. The van der Waals surface area contributed by atoms with Crippen LogP contribution in [0.3, 0.4) is 0 Å². The lowest BCUT2D eigenvalue weighted by atomic mass is 10.1. The fourth-order valence-electron chi connectivity index (χ4n) is 2.59. The van der Waals surface area contributed by atoms with Crippen molar-refractivity contribution in [2.75, 3.05) is 0 Å². The van der Waals surface area contributed by atoms with Gasteiger partial charge in [0.1, 0.15) is 11.3 Å². The number of hydrogen-bond donors (Lipinski definition) is 1. The summed E-state index contributed by atoms with van der Waals surface area (Å²) < 4.78 is 10.8. The number of fused-ring (bicyclic) bond motifs is 1. The van der Waals surface area contributed by atoms with Crippen molar-refractivity contribution in [2.24, 2.45) is 0 Å². The fraction of sp³-hybridized carbons (Fsp3) is 0. The molecule has 27 heavy (non-hydrogen) atoms. The van der Waals surface area contributed by atoms with Gasteiger partial charge in [0.25, 0.3) is 5.56 Å². The van der Waals surface area contributed by atoms with E-state index in [1.807, 2.05) is 0 Å². The van der Waals surface area contributed by atoms with Gasteiger partial charge >= 0.3 is 5.97 Å². The second-order valence-electron chi connectivity index (χ2n) is 5.67. The molecule has 3 heterocycles. The molecule has 0 amide bonds. The number of benzene rings is 1. The number of hydrogen-bond acceptors (Lipinski definition) is 6. The Hall–Kier alpha value is -4.00. The molecule has 0 radical (unpaired) electrons. The molecule has 1 N–H and O–H groups in total. The number of nitrogens with one attached hydrogen (secondary N) is 1. The molecule has 0 saturated carbocycles. The average molecular weight is 360 g/mol. The van der Waals surface area contributed by atoms with Gasteiger partial charge in [-0.05, 0) is 36.4 Å². The molecule has 0 fully saturated rings. The van der Waals surface area contributed by atoms with E-state index in [4.69, 9.17) is 9.15 Å². The smallest absolute Gasteiger partial charge is 0.346 e. The number of esters is 1. The van der Waals surface area contributed by atoms with Crippen LogP contribution in [0.15, 0.2) is 81.0 Å². The normalized spacial score (nSPS) is 10.7. The van der Waals surface area contributed by atoms with Gasteiger partial charge in [-0.2, -0.15) is 0 Å². The van der Waals surface area contributed by atoms with Gasteiger partial charge in [-0.1, -0.05) is 12.1 Å². The van der Waals surface area contributed by atoms with Crippen LogP contribution in [0.4, 0.5) is 0 Å². The highest BCUT2D eigenvalue weighted by Gasteiger charge is 2.13. The second-order valence-corrected chi connectivity index (χ2v) is 5.67. The quantitative estimate of drug-likeness (QED) is 0.564. The van der Waals surface area contributed by atoms with Crippen LogP contribution < -0.4 is 15.7 Å². The zero-order valence-corrected chi connectivity index (χ0v) is 13.8. The summed E-state index contributed by atoms with van der Waals surface area (Å²) in [4.78, 5) is 42.9. The molecule has 0 aliphatic rings. The highest BCUT2D eigenvalue weighted by molar-refractivity contribution is 5.90. The molecule has 132 valence electrons. The monoisotopic (exact) mass is 360 g/mol. The molecule has 0 spiro atoms. The van der Waals surface area contributed by atoms with Crippen LogP contribution in [-0.2, 0) is 0 Å². The largest absolute Gasteiger partial charge is 0.456 e. The SMILES string of the molecule is O=C(Oc1ccc(-c2cc(=O)c3ccccc3o2)c(=O)[nH]1)c1cccnc1. The summed E-state index contributed by atoms with van der Waals surface area (Å²) in [6.07, 6.45) is 2.89. The lowest BCUT2D eigenvalue weighted by molar-refractivity contribution is 0.0727. The van der Waals surface area contributed by atoms with Gasteiger partial charge in [-0.25, -0.2) is 4.79 Å². The number of carbonyl (C=O) groups excluding carboxylic acids is 1. The number of aromatic amines is 1. The molecule has 0 saturated heterocycles. The van der Waals surface area contributed by atoms with Gasteiger partial charge in [0.05, 0.1) is 16.5 Å². The highest BCUT2D eigenvalue weighted by atomic mass is 16.5. The molecular formula is C20H12N2O5. The van der Waals surface area contributed by atoms with Crippen molar-refractivity contribution < 1.29 is 13.9 Å². The summed E-state index contributed by atoms with van der Waals surface area (Å²) in [6.45, 7) is 0. The molecule has 4 rings (SSSR count). The van der Waals surface area contributed by atoms with Crippen LogP contribution in [0, 0.1) is 0 Å². The Balaban J connectivity index is 1.67. The summed E-state index contributed by atoms with van der Waals surface area (Å²) in [5.74, 6) is -0.547. The second kappa shape index (κ2) is 6.72. The third kappa shape index (κ3) is 3.25. The Labute approximate surface area is 151 Å². The van der Waals surface area contributed by atoms with E-state index in [0.29, 0.717) is 11.0 Å². The first kappa shape index (κ1) is 16.5. The van der Waals surface area contributed by atoms with Crippen molar-refractivity contribution in [3.8, 4) is 17.2 Å². The van der Waals surface area contributed by atoms with E-state index in [2.05, 4.69) is 9.97 Å². The van der Waals surface area contributed by atoms with Crippen LogP contribution in [0.25, 0.3) is 22.3 Å². The molecule has 0 atom stereocenters. The van der Waals surface area contributed by atoms with Crippen molar-refractivity contribution in [3.05, 3.63) is 93.1 Å². The van der Waals surface area contributed by atoms with Crippen molar-refractivity contribution in [2.45, 2.75) is 0 Å². The molecule has 0 aliphatic heterocycles. The maximum Gasteiger partial charge on any atom is 0.346 e. The topological polar surface area (TPSA) is 102 Å². The van der Waals surface area contributed by atoms with Gasteiger partial charge < -0.3 is 9.15 Å². The van der Waals surface area contributed by atoms with E-state index in [1.54, 1.807) is 36.4 Å². The average Bonchev–Trinajstić information content (AvgIpc) is 2.69. The zero-order valence-electron chi connectivity index (χ0n) is 13.8. The zero-order chi connectivity index (χ0) is 18.8. The van der Waals surface area contributed by atoms with Gasteiger partial charge in [0, 0.05) is 18.5 Å². The predicted molar refractivity (Wildman–Crippen MR) is 97.7 cm³/mol. The lowest BCUT2D eigenvalue weighted by Gasteiger charge is -2.06. The number of nitrogens with zero attached hydrogens (tertiary/aromatic N) is 1. The molecule has 1 aromatic carbocycles. The maximum absolute atomic E-state index is 12.4. The molecule has 7 heteroatoms. The number of pyridine rings is 2. The van der Waals surface area contributed by atoms with Crippen molar-refractivity contribution in [1.29, 1.82) is 0 Å². The molecule has 0 aliphatic carbocycles. The molecule has 3 aromatic heterocycles. The Morgan fingerprint density at radius 2 is 1.89 bits per heavy atom. The summed E-state index contributed by atoms with van der Waals surface area (Å²) in [5.41, 5.74) is -0.0169. The summed E-state index contributed by atoms with van der Waals surface area (Å²) in [5, 5.41) is 0.430. The molecule has 0 unspecified atom stereocenters. The van der Waals surface area contributed by atoms with E-state index in [9.17, 15) is 14.4 Å². The molecular weight excluding hydrogens is 348 g/mol. The number of carbonyl (C=O) groups is 1. The van der Waals surface area contributed by atoms with Crippen LogP contribution in [0.2, 0.25) is 0 Å². The Morgan fingerprint density at radius 1 is 1.04 bits per heavy atom. The van der Waals surface area contributed by atoms with Crippen molar-refractivity contribution in [3.63, 3.8) is 0 Å². The fourth-order valence-corrected chi connectivity index (χ4v) is 2.59. The van der Waals surface area contributed by atoms with E-state index in [0.717, 1.165) is 0 Å². The standard InChI is InChI=1S/C20H12N2O5/c23-15-10-17(26-16-6-2-1-5-13(15)16)14-7-8-18(22-19(14)24)27-20(25)12-4-3-9-21-11-12/h1-11H,(H,22,24). The van der Waals surface area contributed by atoms with E-state index in [1.165, 1.54) is 30.6 Å². The minimum atomic E-state index is -0.649. The van der Waals surface area contributed by atoms with Crippen molar-refractivity contribution >= 4 is 16.9 Å². The van der Waals surface area contributed by atoms with Crippen LogP contribution >= 0.6 is 0 Å². The Bertz CT molecular complexity index is 1260. The molecule has 4 aromatic rings. The third-order valence-corrected chi connectivity index (χ3v) is 3.88. The van der Waals surface area contributed by atoms with E-state index in [-0.39, 0.29) is 28.2 Å². The Kier molecular flexibility index (Phi) is 4.10. The van der Waals surface area contributed by atoms with Crippen molar-refractivity contribution in [1.82, 2.24) is 9.97 Å². The minimum absolute atomic E-state index is 0.0271. The molecule has 7 nitrogen and oxygen atoms in total. The first-order valence-corrected chi connectivity index (χ1v) is 8.00. The number of para-hydroxylation sites is 1. The third-order valence-electron chi connectivity index (χ3n) is 3.88. The van der Waals surface area contributed by atoms with E-state index >= 15 is 0 Å². The maximum atomic E-state index is 12.4.